The van der Waals surface area contributed by atoms with E-state index in [-0.39, 0.29) is 11.9 Å². The average Bonchev–Trinajstić information content (AvgIpc) is 2.66. The maximum Gasteiger partial charge on any atom is 0.308 e. The molecule has 1 amide bonds. The molecule has 0 saturated carbocycles. The van der Waals surface area contributed by atoms with Gasteiger partial charge in [0, 0.05) is 28.2 Å². The molecule has 6 heteroatoms. The Kier molecular flexibility index (Phi) is 4.07. The second-order valence-corrected chi connectivity index (χ2v) is 6.31. The second-order valence-electron chi connectivity index (χ2n) is 4.45. The van der Waals surface area contributed by atoms with Crippen LogP contribution in [0.2, 0.25) is 0 Å². The molecular weight excluding hydrogens is 318 g/mol. The molecule has 18 heavy (non-hydrogen) atoms. The molecular formula is C12H14BrNO3S. The smallest absolute Gasteiger partial charge is 0.308 e. The number of carboxylic acids is 1. The van der Waals surface area contributed by atoms with Crippen LogP contribution in [-0.4, -0.2) is 28.9 Å². The van der Waals surface area contributed by atoms with Crippen LogP contribution in [0.3, 0.4) is 0 Å². The minimum atomic E-state index is -0.828. The lowest BCUT2D eigenvalue weighted by Crippen LogP contribution is -2.35. The van der Waals surface area contributed by atoms with Crippen LogP contribution < -0.4 is 0 Å². The molecule has 0 bridgehead atoms. The van der Waals surface area contributed by atoms with E-state index in [9.17, 15) is 14.7 Å². The van der Waals surface area contributed by atoms with Crippen molar-refractivity contribution in [1.29, 1.82) is 0 Å². The number of carbonyl (C=O) groups excluding carboxylic acids is 1. The molecule has 0 spiro atoms. The first-order valence-electron chi connectivity index (χ1n) is 5.73. The van der Waals surface area contributed by atoms with Crippen molar-refractivity contribution in [2.45, 2.75) is 25.3 Å². The zero-order valence-corrected chi connectivity index (χ0v) is 12.3. The van der Waals surface area contributed by atoms with Crippen LogP contribution in [0.4, 0.5) is 0 Å². The molecule has 1 aliphatic rings. The lowest BCUT2D eigenvalue weighted by molar-refractivity contribution is -0.145. The fraction of sp³-hybridized carbons (Fsp3) is 0.500. The summed E-state index contributed by atoms with van der Waals surface area (Å²) in [6.45, 7) is 0. The fourth-order valence-electron chi connectivity index (χ4n) is 2.36. The van der Waals surface area contributed by atoms with Crippen molar-refractivity contribution in [3.63, 3.8) is 0 Å². The van der Waals surface area contributed by atoms with Crippen molar-refractivity contribution >= 4 is 39.1 Å². The molecule has 2 unspecified atom stereocenters. The summed E-state index contributed by atoms with van der Waals surface area (Å²) in [6.07, 6.45) is 1.62. The van der Waals surface area contributed by atoms with E-state index in [4.69, 9.17) is 0 Å². The van der Waals surface area contributed by atoms with E-state index in [0.29, 0.717) is 19.3 Å². The molecule has 4 nitrogen and oxygen atoms in total. The third-order valence-electron chi connectivity index (χ3n) is 3.29. The van der Waals surface area contributed by atoms with E-state index in [0.717, 1.165) is 9.35 Å². The summed E-state index contributed by atoms with van der Waals surface area (Å²) in [4.78, 5) is 25.8. The van der Waals surface area contributed by atoms with Gasteiger partial charge in [0.05, 0.1) is 12.0 Å². The van der Waals surface area contributed by atoms with Crippen molar-refractivity contribution < 1.29 is 14.7 Å². The highest BCUT2D eigenvalue weighted by Gasteiger charge is 2.37. The fourth-order valence-corrected chi connectivity index (χ4v) is 4.02. The van der Waals surface area contributed by atoms with Gasteiger partial charge in [-0.15, -0.1) is 11.3 Å². The molecule has 1 saturated heterocycles. The predicted octanol–water partition coefficient (Wildman–Crippen LogP) is 2.89. The number of rotatable bonds is 2. The topological polar surface area (TPSA) is 57.6 Å². The minimum absolute atomic E-state index is 0.0215. The summed E-state index contributed by atoms with van der Waals surface area (Å²) in [6, 6.07) is 1.55. The van der Waals surface area contributed by atoms with Gasteiger partial charge in [-0.25, -0.2) is 0 Å². The number of aliphatic carboxylic acids is 1. The van der Waals surface area contributed by atoms with Crippen LogP contribution in [0, 0.1) is 5.92 Å². The Hall–Kier alpha value is -0.880. The first-order chi connectivity index (χ1) is 8.50. The molecule has 1 aliphatic heterocycles. The zero-order chi connectivity index (χ0) is 13.3. The monoisotopic (exact) mass is 331 g/mol. The van der Waals surface area contributed by atoms with Gasteiger partial charge in [0.25, 0.3) is 0 Å². The number of hydrogen-bond donors (Lipinski definition) is 1. The highest BCUT2D eigenvalue weighted by molar-refractivity contribution is 9.10. The Morgan fingerprint density at radius 3 is 2.89 bits per heavy atom. The number of nitrogens with zero attached hydrogens (tertiary/aromatic N) is 1. The Labute approximate surface area is 118 Å². The van der Waals surface area contributed by atoms with E-state index in [1.807, 2.05) is 11.4 Å². The van der Waals surface area contributed by atoms with Crippen LogP contribution in [0.15, 0.2) is 15.9 Å². The molecule has 2 heterocycles. The molecule has 1 aromatic heterocycles. The molecule has 1 fully saturated rings. The van der Waals surface area contributed by atoms with Crippen molar-refractivity contribution in [1.82, 2.24) is 4.90 Å². The quantitative estimate of drug-likeness (QED) is 0.906. The van der Waals surface area contributed by atoms with Crippen molar-refractivity contribution in [2.24, 2.45) is 5.92 Å². The van der Waals surface area contributed by atoms with Gasteiger partial charge in [-0.1, -0.05) is 0 Å². The molecule has 2 atom stereocenters. The van der Waals surface area contributed by atoms with Crippen LogP contribution in [-0.2, 0) is 9.59 Å². The van der Waals surface area contributed by atoms with Gasteiger partial charge < -0.3 is 10.0 Å². The van der Waals surface area contributed by atoms with Gasteiger partial charge in [-0.05, 0) is 34.8 Å². The summed E-state index contributed by atoms with van der Waals surface area (Å²) in [5, 5.41) is 11.3. The first-order valence-corrected chi connectivity index (χ1v) is 7.40. The van der Waals surface area contributed by atoms with Gasteiger partial charge in [0.1, 0.15) is 0 Å². The first kappa shape index (κ1) is 13.5. The summed E-state index contributed by atoms with van der Waals surface area (Å²) < 4.78 is 0.928. The maximum atomic E-state index is 11.9. The lowest BCUT2D eigenvalue weighted by Gasteiger charge is -2.29. The molecule has 2 rings (SSSR count). The zero-order valence-electron chi connectivity index (χ0n) is 9.93. The SMILES string of the molecule is CN1C(=O)CCCC(C(=O)O)C1c1cc(Br)cs1. The molecule has 98 valence electrons. The van der Waals surface area contributed by atoms with Crippen LogP contribution in [0.5, 0.6) is 0 Å². The average molecular weight is 332 g/mol. The molecule has 0 aromatic carbocycles. The van der Waals surface area contributed by atoms with E-state index in [2.05, 4.69) is 15.9 Å². The normalized spacial score (nSPS) is 25.0. The summed E-state index contributed by atoms with van der Waals surface area (Å²) in [5.41, 5.74) is 0. The third kappa shape index (κ3) is 2.59. The Balaban J connectivity index is 2.40. The number of amides is 1. The van der Waals surface area contributed by atoms with Crippen LogP contribution >= 0.6 is 27.3 Å². The maximum absolute atomic E-state index is 11.9. The Bertz CT molecular complexity index is 474. The molecule has 1 N–H and O–H groups in total. The largest absolute Gasteiger partial charge is 0.481 e. The number of carboxylic acid groups (broad SMARTS) is 1. The number of carbonyl (C=O) groups is 2. The van der Waals surface area contributed by atoms with Gasteiger partial charge in [-0.3, -0.25) is 9.59 Å². The summed E-state index contributed by atoms with van der Waals surface area (Å²) in [5.74, 6) is -1.33. The van der Waals surface area contributed by atoms with Gasteiger partial charge >= 0.3 is 5.97 Å². The van der Waals surface area contributed by atoms with Crippen LogP contribution in [0.1, 0.15) is 30.2 Å². The minimum Gasteiger partial charge on any atom is -0.481 e. The van der Waals surface area contributed by atoms with E-state index in [1.54, 1.807) is 11.9 Å². The summed E-state index contributed by atoms with van der Waals surface area (Å²) in [7, 11) is 1.70. The number of thiophene rings is 1. The Morgan fingerprint density at radius 2 is 2.33 bits per heavy atom. The molecule has 0 radical (unpaired) electrons. The van der Waals surface area contributed by atoms with E-state index < -0.39 is 11.9 Å². The van der Waals surface area contributed by atoms with E-state index >= 15 is 0 Å². The van der Waals surface area contributed by atoms with E-state index in [1.165, 1.54) is 11.3 Å². The number of likely N-dealkylation sites (tertiary alicyclic amines) is 1. The lowest BCUT2D eigenvalue weighted by atomic mass is 9.94. The van der Waals surface area contributed by atoms with Crippen LogP contribution in [0.25, 0.3) is 0 Å². The molecule has 1 aromatic rings. The number of halogens is 1. The van der Waals surface area contributed by atoms with Gasteiger partial charge in [0.2, 0.25) is 5.91 Å². The Morgan fingerprint density at radius 1 is 1.61 bits per heavy atom. The second kappa shape index (κ2) is 5.40. The standard InChI is InChI=1S/C12H14BrNO3S/c1-14-10(15)4-2-3-8(12(16)17)11(14)9-5-7(13)6-18-9/h5-6,8,11H,2-4H2,1H3,(H,16,17). The van der Waals surface area contributed by atoms with Crippen molar-refractivity contribution in [3.8, 4) is 0 Å². The van der Waals surface area contributed by atoms with Crippen molar-refractivity contribution in [2.75, 3.05) is 7.05 Å². The number of hydrogen-bond acceptors (Lipinski definition) is 3. The highest BCUT2D eigenvalue weighted by Crippen LogP contribution is 2.38. The van der Waals surface area contributed by atoms with Gasteiger partial charge in [-0.2, -0.15) is 0 Å². The molecule has 0 aliphatic carbocycles. The summed E-state index contributed by atoms with van der Waals surface area (Å²) >= 11 is 4.86. The predicted molar refractivity (Wildman–Crippen MR) is 72.5 cm³/mol. The highest BCUT2D eigenvalue weighted by atomic mass is 79.9. The third-order valence-corrected chi connectivity index (χ3v) is 5.06. The van der Waals surface area contributed by atoms with Crippen molar-refractivity contribution in [3.05, 3.63) is 20.8 Å². The van der Waals surface area contributed by atoms with Gasteiger partial charge in [0.15, 0.2) is 0 Å².